The molecular formula is C17H28N3O3S+. The van der Waals surface area contributed by atoms with Gasteiger partial charge in [0.15, 0.2) is 0 Å². The number of quaternary nitrogens is 1. The number of sulfonamides is 1. The van der Waals surface area contributed by atoms with Crippen LogP contribution in [0.25, 0.3) is 0 Å². The van der Waals surface area contributed by atoms with E-state index in [0.29, 0.717) is 25.1 Å². The number of piperazine rings is 1. The van der Waals surface area contributed by atoms with Crippen LogP contribution in [0.15, 0.2) is 24.3 Å². The van der Waals surface area contributed by atoms with E-state index in [2.05, 4.69) is 7.05 Å². The minimum Gasteiger partial charge on any atom is -0.334 e. The molecule has 1 amide bonds. The van der Waals surface area contributed by atoms with Crippen molar-refractivity contribution in [3.05, 3.63) is 29.8 Å². The van der Waals surface area contributed by atoms with Crippen LogP contribution in [0.5, 0.6) is 0 Å². The molecule has 0 saturated carbocycles. The molecule has 0 radical (unpaired) electrons. The molecule has 6 nitrogen and oxygen atoms in total. The second kappa shape index (κ2) is 7.98. The summed E-state index contributed by atoms with van der Waals surface area (Å²) in [6.07, 6.45) is 2.12. The standard InChI is InChI=1S/C17H27N3O3S/c1-15-6-8-16(9-7-15)20(24(3,22)23)10-4-5-17(21)19-13-11-18(2)12-14-19/h6-9H,4-5,10-14H2,1-3H3/p+1. The van der Waals surface area contributed by atoms with Gasteiger partial charge in [0.1, 0.15) is 0 Å². The molecule has 1 aromatic rings. The van der Waals surface area contributed by atoms with Gasteiger partial charge in [-0.2, -0.15) is 0 Å². The number of anilines is 1. The zero-order chi connectivity index (χ0) is 17.7. The molecule has 0 unspecified atom stereocenters. The van der Waals surface area contributed by atoms with E-state index in [4.69, 9.17) is 0 Å². The Hall–Kier alpha value is -1.60. The molecule has 0 aliphatic carbocycles. The minimum atomic E-state index is -3.36. The van der Waals surface area contributed by atoms with E-state index < -0.39 is 10.0 Å². The Balaban J connectivity index is 1.91. The Morgan fingerprint density at radius 1 is 1.21 bits per heavy atom. The van der Waals surface area contributed by atoms with Crippen LogP contribution in [-0.2, 0) is 14.8 Å². The van der Waals surface area contributed by atoms with Crippen molar-refractivity contribution in [2.75, 3.05) is 50.3 Å². The zero-order valence-corrected chi connectivity index (χ0v) is 15.6. The zero-order valence-electron chi connectivity index (χ0n) is 14.8. The summed E-state index contributed by atoms with van der Waals surface area (Å²) in [4.78, 5) is 15.6. The first-order valence-corrected chi connectivity index (χ1v) is 10.3. The Bertz CT molecular complexity index is 650. The molecule has 134 valence electrons. The fraction of sp³-hybridized carbons (Fsp3) is 0.588. The Morgan fingerprint density at radius 2 is 1.79 bits per heavy atom. The second-order valence-electron chi connectivity index (χ2n) is 6.61. The largest absolute Gasteiger partial charge is 0.334 e. The molecule has 0 aromatic heterocycles. The summed E-state index contributed by atoms with van der Waals surface area (Å²) in [6.45, 7) is 5.82. The molecule has 7 heteroatoms. The molecular weight excluding hydrogens is 326 g/mol. The first kappa shape index (κ1) is 18.7. The first-order valence-electron chi connectivity index (χ1n) is 8.41. The van der Waals surface area contributed by atoms with Gasteiger partial charge in [0, 0.05) is 13.0 Å². The van der Waals surface area contributed by atoms with Crippen molar-refractivity contribution in [2.24, 2.45) is 0 Å². The van der Waals surface area contributed by atoms with Crippen LogP contribution in [-0.4, -0.2) is 65.3 Å². The first-order chi connectivity index (χ1) is 11.3. The topological polar surface area (TPSA) is 62.1 Å². The number of hydrogen-bond acceptors (Lipinski definition) is 3. The fourth-order valence-electron chi connectivity index (χ4n) is 2.87. The molecule has 1 aromatic carbocycles. The Morgan fingerprint density at radius 3 is 2.33 bits per heavy atom. The summed E-state index contributed by atoms with van der Waals surface area (Å²) in [5.41, 5.74) is 1.73. The van der Waals surface area contributed by atoms with Crippen molar-refractivity contribution in [1.29, 1.82) is 0 Å². The maximum Gasteiger partial charge on any atom is 0.232 e. The van der Waals surface area contributed by atoms with Crippen LogP contribution < -0.4 is 9.21 Å². The van der Waals surface area contributed by atoms with Crippen LogP contribution in [0.1, 0.15) is 18.4 Å². The van der Waals surface area contributed by atoms with E-state index in [1.54, 1.807) is 12.1 Å². The number of likely N-dealkylation sites (N-methyl/N-ethyl adjacent to an activating group) is 1. The average molecular weight is 354 g/mol. The molecule has 0 bridgehead atoms. The van der Waals surface area contributed by atoms with Gasteiger partial charge in [0.05, 0.1) is 45.2 Å². The van der Waals surface area contributed by atoms with Gasteiger partial charge in [-0.3, -0.25) is 9.10 Å². The van der Waals surface area contributed by atoms with Crippen molar-refractivity contribution >= 4 is 21.6 Å². The maximum atomic E-state index is 12.3. The Labute approximate surface area is 145 Å². The van der Waals surface area contributed by atoms with Gasteiger partial charge in [0.25, 0.3) is 0 Å². The molecule has 1 fully saturated rings. The van der Waals surface area contributed by atoms with Crippen LogP contribution in [0, 0.1) is 6.92 Å². The predicted molar refractivity (Wildman–Crippen MR) is 95.8 cm³/mol. The van der Waals surface area contributed by atoms with Crippen molar-refractivity contribution in [2.45, 2.75) is 19.8 Å². The van der Waals surface area contributed by atoms with Crippen LogP contribution in [0.4, 0.5) is 5.69 Å². The molecule has 1 saturated heterocycles. The number of aryl methyl sites for hydroxylation is 1. The highest BCUT2D eigenvalue weighted by atomic mass is 32.2. The number of rotatable bonds is 6. The molecule has 0 spiro atoms. The summed E-state index contributed by atoms with van der Waals surface area (Å²) in [7, 11) is -1.22. The van der Waals surface area contributed by atoms with Gasteiger partial charge >= 0.3 is 0 Å². The third-order valence-corrected chi connectivity index (χ3v) is 5.64. The van der Waals surface area contributed by atoms with E-state index in [9.17, 15) is 13.2 Å². The predicted octanol–water partition coefficient (Wildman–Crippen LogP) is -0.102. The molecule has 2 rings (SSSR count). The lowest BCUT2D eigenvalue weighted by Gasteiger charge is -2.30. The summed E-state index contributed by atoms with van der Waals surface area (Å²) in [5, 5.41) is 0. The van der Waals surface area contributed by atoms with E-state index in [1.807, 2.05) is 24.0 Å². The Kier molecular flexibility index (Phi) is 6.23. The van der Waals surface area contributed by atoms with Crippen molar-refractivity contribution in [3.63, 3.8) is 0 Å². The van der Waals surface area contributed by atoms with E-state index in [1.165, 1.54) is 15.5 Å². The number of amides is 1. The van der Waals surface area contributed by atoms with Gasteiger partial charge in [-0.15, -0.1) is 0 Å². The molecule has 0 atom stereocenters. The van der Waals surface area contributed by atoms with Gasteiger partial charge < -0.3 is 9.80 Å². The third kappa shape index (κ3) is 5.21. The summed E-state index contributed by atoms with van der Waals surface area (Å²) in [6, 6.07) is 7.40. The van der Waals surface area contributed by atoms with Gasteiger partial charge in [-0.25, -0.2) is 8.42 Å². The van der Waals surface area contributed by atoms with Gasteiger partial charge in [-0.05, 0) is 25.5 Å². The van der Waals surface area contributed by atoms with Crippen molar-refractivity contribution < 1.29 is 18.1 Å². The van der Waals surface area contributed by atoms with Crippen LogP contribution >= 0.6 is 0 Å². The fourth-order valence-corrected chi connectivity index (χ4v) is 3.83. The van der Waals surface area contributed by atoms with Crippen molar-refractivity contribution in [3.8, 4) is 0 Å². The summed E-state index contributed by atoms with van der Waals surface area (Å²) >= 11 is 0. The molecule has 24 heavy (non-hydrogen) atoms. The van der Waals surface area contributed by atoms with E-state index >= 15 is 0 Å². The monoisotopic (exact) mass is 354 g/mol. The van der Waals surface area contributed by atoms with E-state index in [-0.39, 0.29) is 5.91 Å². The number of nitrogens with one attached hydrogen (secondary N) is 1. The molecule has 1 aliphatic heterocycles. The highest BCUT2D eigenvalue weighted by Gasteiger charge is 2.22. The normalized spacial score (nSPS) is 16.2. The number of carbonyl (C=O) groups is 1. The number of benzene rings is 1. The second-order valence-corrected chi connectivity index (χ2v) is 8.52. The number of hydrogen-bond donors (Lipinski definition) is 1. The quantitative estimate of drug-likeness (QED) is 0.776. The maximum absolute atomic E-state index is 12.3. The highest BCUT2D eigenvalue weighted by molar-refractivity contribution is 7.92. The lowest BCUT2D eigenvalue weighted by atomic mass is 10.2. The average Bonchev–Trinajstić information content (AvgIpc) is 2.52. The number of carbonyl (C=O) groups excluding carboxylic acids is 1. The van der Waals surface area contributed by atoms with Crippen LogP contribution in [0.3, 0.4) is 0 Å². The van der Waals surface area contributed by atoms with Crippen LogP contribution in [0.2, 0.25) is 0 Å². The number of nitrogens with zero attached hydrogens (tertiary/aromatic N) is 2. The summed E-state index contributed by atoms with van der Waals surface area (Å²) < 4.78 is 25.5. The van der Waals surface area contributed by atoms with Crippen molar-refractivity contribution in [1.82, 2.24) is 4.90 Å². The SMILES string of the molecule is Cc1ccc(N(CCCC(=O)N2CC[NH+](C)CC2)S(C)(=O)=O)cc1. The molecule has 1 N–H and O–H groups in total. The molecule has 1 aliphatic rings. The van der Waals surface area contributed by atoms with E-state index in [0.717, 1.165) is 31.7 Å². The lowest BCUT2D eigenvalue weighted by Crippen LogP contribution is -3.12. The molecule has 1 heterocycles. The van der Waals surface area contributed by atoms with Gasteiger partial charge in [0.2, 0.25) is 15.9 Å². The summed E-state index contributed by atoms with van der Waals surface area (Å²) in [5.74, 6) is 0.125. The smallest absolute Gasteiger partial charge is 0.232 e. The lowest BCUT2D eigenvalue weighted by molar-refractivity contribution is -0.883. The third-order valence-electron chi connectivity index (χ3n) is 4.44. The van der Waals surface area contributed by atoms with Gasteiger partial charge in [-0.1, -0.05) is 17.7 Å². The highest BCUT2D eigenvalue weighted by Crippen LogP contribution is 2.19. The minimum absolute atomic E-state index is 0.125.